The van der Waals surface area contributed by atoms with Gasteiger partial charge in [-0.3, -0.25) is 4.99 Å². The Hall–Kier alpha value is -0.0900. The minimum Gasteiger partial charge on any atom is -0.379 e. The van der Waals surface area contributed by atoms with Crippen molar-refractivity contribution in [3.05, 3.63) is 33.3 Å². The smallest absolute Gasteiger partial charge is 0.191 e. The maximum absolute atomic E-state index is 6.21. The Bertz CT molecular complexity index is 528. The third kappa shape index (κ3) is 7.86. The van der Waals surface area contributed by atoms with Crippen LogP contribution >= 0.6 is 51.5 Å². The molecule has 8 heteroatoms. The van der Waals surface area contributed by atoms with Crippen molar-refractivity contribution in [2.75, 3.05) is 33.4 Å². The third-order valence-corrected chi connectivity index (χ3v) is 4.39. The van der Waals surface area contributed by atoms with Crippen LogP contribution in [-0.2, 0) is 16.0 Å². The van der Waals surface area contributed by atoms with Gasteiger partial charge in [-0.2, -0.15) is 0 Å². The van der Waals surface area contributed by atoms with Gasteiger partial charge >= 0.3 is 0 Å². The van der Waals surface area contributed by atoms with E-state index in [1.807, 2.05) is 18.2 Å². The van der Waals surface area contributed by atoms with Crippen LogP contribution in [0.1, 0.15) is 18.4 Å². The maximum atomic E-state index is 6.21. The van der Waals surface area contributed by atoms with Crippen molar-refractivity contribution in [2.45, 2.75) is 25.5 Å². The second-order valence-corrected chi connectivity index (χ2v) is 6.62. The molecule has 0 radical (unpaired) electrons. The predicted octanol–water partition coefficient (Wildman–Crippen LogP) is 3.58. The number of guanidine groups is 1. The molecule has 2 rings (SSSR count). The van der Waals surface area contributed by atoms with Crippen LogP contribution in [0, 0.1) is 0 Å². The zero-order chi connectivity index (χ0) is 16.5. The molecule has 1 saturated heterocycles. The monoisotopic (exact) mass is 531 g/mol. The Balaban J connectivity index is 0.00000288. The van der Waals surface area contributed by atoms with Gasteiger partial charge in [-0.1, -0.05) is 33.6 Å². The molecule has 1 aromatic rings. The van der Waals surface area contributed by atoms with E-state index >= 15 is 0 Å². The standard InChI is InChI=1S/C16H23BrClN3O2.HI/c1-19-16(20-6-2-7-23-14-5-8-22-11-14)21-10-12-3-4-13(17)9-15(12)18;/h3-4,9,14H,2,5-8,10-11H2,1H3,(H2,19,20,21);1H. The second-order valence-electron chi connectivity index (χ2n) is 5.30. The zero-order valence-electron chi connectivity index (χ0n) is 13.7. The van der Waals surface area contributed by atoms with Crippen LogP contribution in [0.2, 0.25) is 5.02 Å². The molecule has 0 aliphatic carbocycles. The molecule has 1 atom stereocenters. The van der Waals surface area contributed by atoms with Gasteiger partial charge in [0.05, 0.1) is 12.7 Å². The van der Waals surface area contributed by atoms with E-state index in [4.69, 9.17) is 21.1 Å². The molecule has 5 nitrogen and oxygen atoms in total. The van der Waals surface area contributed by atoms with Gasteiger partial charge in [-0.25, -0.2) is 0 Å². The van der Waals surface area contributed by atoms with Crippen LogP contribution < -0.4 is 10.6 Å². The van der Waals surface area contributed by atoms with Crippen molar-refractivity contribution in [1.82, 2.24) is 10.6 Å². The Morgan fingerprint density at radius 1 is 1.46 bits per heavy atom. The van der Waals surface area contributed by atoms with Crippen molar-refractivity contribution in [1.29, 1.82) is 0 Å². The number of nitrogens with zero attached hydrogens (tertiary/aromatic N) is 1. The van der Waals surface area contributed by atoms with Gasteiger partial charge in [0.15, 0.2) is 5.96 Å². The first-order chi connectivity index (χ1) is 11.2. The maximum Gasteiger partial charge on any atom is 0.191 e. The van der Waals surface area contributed by atoms with Crippen LogP contribution in [0.5, 0.6) is 0 Å². The predicted molar refractivity (Wildman–Crippen MR) is 113 cm³/mol. The molecule has 136 valence electrons. The molecule has 0 amide bonds. The molecule has 1 aliphatic rings. The molecule has 1 fully saturated rings. The molecule has 1 aliphatic heterocycles. The third-order valence-electron chi connectivity index (χ3n) is 3.54. The van der Waals surface area contributed by atoms with Crippen LogP contribution in [0.3, 0.4) is 0 Å². The molecule has 1 unspecified atom stereocenters. The minimum atomic E-state index is 0. The number of hydrogen-bond donors (Lipinski definition) is 2. The van der Waals surface area contributed by atoms with Crippen LogP contribution in [0.15, 0.2) is 27.7 Å². The summed E-state index contributed by atoms with van der Waals surface area (Å²) in [6, 6.07) is 5.85. The van der Waals surface area contributed by atoms with Crippen molar-refractivity contribution in [3.8, 4) is 0 Å². The lowest BCUT2D eigenvalue weighted by Gasteiger charge is -2.14. The van der Waals surface area contributed by atoms with E-state index in [1.54, 1.807) is 7.05 Å². The summed E-state index contributed by atoms with van der Waals surface area (Å²) in [7, 11) is 1.75. The summed E-state index contributed by atoms with van der Waals surface area (Å²) in [4.78, 5) is 4.21. The molecule has 0 saturated carbocycles. The van der Waals surface area contributed by atoms with Gasteiger partial charge in [-0.15, -0.1) is 24.0 Å². The Morgan fingerprint density at radius 2 is 2.29 bits per heavy atom. The summed E-state index contributed by atoms with van der Waals surface area (Å²) in [5.41, 5.74) is 1.03. The van der Waals surface area contributed by atoms with Gasteiger partial charge < -0.3 is 20.1 Å². The highest BCUT2D eigenvalue weighted by molar-refractivity contribution is 14.0. The SMILES string of the molecule is CN=C(NCCCOC1CCOC1)NCc1ccc(Br)cc1Cl.I. The fraction of sp³-hybridized carbons (Fsp3) is 0.562. The van der Waals surface area contributed by atoms with Crippen LogP contribution in [0.25, 0.3) is 0 Å². The van der Waals surface area contributed by atoms with Crippen molar-refractivity contribution >= 4 is 57.5 Å². The quantitative estimate of drug-likeness (QED) is 0.244. The Morgan fingerprint density at radius 3 is 2.96 bits per heavy atom. The fourth-order valence-electron chi connectivity index (χ4n) is 2.24. The summed E-state index contributed by atoms with van der Waals surface area (Å²) in [5.74, 6) is 0.758. The molecular formula is C16H24BrClIN3O2. The van der Waals surface area contributed by atoms with E-state index in [1.165, 1.54) is 0 Å². The fourth-order valence-corrected chi connectivity index (χ4v) is 2.98. The highest BCUT2D eigenvalue weighted by atomic mass is 127. The van der Waals surface area contributed by atoms with E-state index in [9.17, 15) is 0 Å². The number of hydrogen-bond acceptors (Lipinski definition) is 3. The zero-order valence-corrected chi connectivity index (χ0v) is 18.4. The number of ether oxygens (including phenoxy) is 2. The molecule has 1 aromatic carbocycles. The first-order valence-electron chi connectivity index (χ1n) is 7.77. The number of benzene rings is 1. The molecule has 0 spiro atoms. The lowest BCUT2D eigenvalue weighted by molar-refractivity contribution is 0.0420. The van der Waals surface area contributed by atoms with Gasteiger partial charge in [0.2, 0.25) is 0 Å². The molecule has 2 N–H and O–H groups in total. The lowest BCUT2D eigenvalue weighted by atomic mass is 10.2. The Kier molecular flexibility index (Phi) is 11.2. The topological polar surface area (TPSA) is 54.9 Å². The van der Waals surface area contributed by atoms with E-state index in [0.717, 1.165) is 60.2 Å². The summed E-state index contributed by atoms with van der Waals surface area (Å²) >= 11 is 9.61. The van der Waals surface area contributed by atoms with E-state index in [2.05, 4.69) is 31.6 Å². The Labute approximate surface area is 174 Å². The van der Waals surface area contributed by atoms with Crippen molar-refractivity contribution < 1.29 is 9.47 Å². The van der Waals surface area contributed by atoms with E-state index < -0.39 is 0 Å². The first kappa shape index (κ1) is 22.0. The average Bonchev–Trinajstić information content (AvgIpc) is 3.05. The number of halogens is 3. The molecule has 1 heterocycles. The van der Waals surface area contributed by atoms with Crippen molar-refractivity contribution in [2.24, 2.45) is 4.99 Å². The summed E-state index contributed by atoms with van der Waals surface area (Å²) in [6.07, 6.45) is 2.20. The molecule has 0 aromatic heterocycles. The number of rotatable bonds is 7. The molecule has 0 bridgehead atoms. The van der Waals surface area contributed by atoms with Crippen molar-refractivity contribution in [3.63, 3.8) is 0 Å². The lowest BCUT2D eigenvalue weighted by Crippen LogP contribution is -2.37. The second kappa shape index (κ2) is 12.3. The summed E-state index contributed by atoms with van der Waals surface area (Å²) in [6.45, 7) is 3.71. The average molecular weight is 533 g/mol. The van der Waals surface area contributed by atoms with Gasteiger partial charge in [0.25, 0.3) is 0 Å². The van der Waals surface area contributed by atoms with Gasteiger partial charge in [-0.05, 0) is 30.5 Å². The van der Waals surface area contributed by atoms with Crippen LogP contribution in [0.4, 0.5) is 0 Å². The minimum absolute atomic E-state index is 0. The van der Waals surface area contributed by atoms with Gasteiger partial charge in [0, 0.05) is 42.8 Å². The van der Waals surface area contributed by atoms with Crippen LogP contribution in [-0.4, -0.2) is 45.5 Å². The van der Waals surface area contributed by atoms with E-state index in [-0.39, 0.29) is 30.1 Å². The molecular weight excluding hydrogens is 508 g/mol. The first-order valence-corrected chi connectivity index (χ1v) is 8.94. The highest BCUT2D eigenvalue weighted by Crippen LogP contribution is 2.21. The summed E-state index contributed by atoms with van der Waals surface area (Å²) in [5, 5.41) is 7.26. The molecule has 24 heavy (non-hydrogen) atoms. The number of aliphatic imine (C=N–C) groups is 1. The highest BCUT2D eigenvalue weighted by Gasteiger charge is 2.15. The largest absolute Gasteiger partial charge is 0.379 e. The normalized spacial score (nSPS) is 17.5. The van der Waals surface area contributed by atoms with Gasteiger partial charge in [0.1, 0.15) is 0 Å². The van der Waals surface area contributed by atoms with E-state index in [0.29, 0.717) is 6.54 Å². The summed E-state index contributed by atoms with van der Waals surface area (Å²) < 4.78 is 12.0. The number of nitrogens with one attached hydrogen (secondary N) is 2.